The highest BCUT2D eigenvalue weighted by atomic mass is 16.5. The second-order valence-electron chi connectivity index (χ2n) is 5.90. The molecule has 4 heteroatoms. The van der Waals surface area contributed by atoms with Gasteiger partial charge in [0, 0.05) is 11.5 Å². The molecule has 0 bridgehead atoms. The molecule has 100 valence electrons. The van der Waals surface area contributed by atoms with E-state index in [2.05, 4.69) is 30.1 Å². The van der Waals surface area contributed by atoms with Crippen LogP contribution in [0.1, 0.15) is 37.6 Å². The molecule has 0 aliphatic heterocycles. The highest BCUT2D eigenvalue weighted by Gasteiger charge is 2.49. The second kappa shape index (κ2) is 4.46. The van der Waals surface area contributed by atoms with E-state index in [1.54, 1.807) is 0 Å². The Labute approximate surface area is 113 Å². The van der Waals surface area contributed by atoms with Crippen molar-refractivity contribution in [3.05, 3.63) is 35.7 Å². The summed E-state index contributed by atoms with van der Waals surface area (Å²) in [6.07, 6.45) is 1.96. The molecule has 1 heterocycles. The summed E-state index contributed by atoms with van der Waals surface area (Å²) in [6, 6.07) is 8.07. The minimum atomic E-state index is 0.317. The van der Waals surface area contributed by atoms with Gasteiger partial charge in [-0.3, -0.25) is 0 Å². The molecule has 1 atom stereocenters. The lowest BCUT2D eigenvalue weighted by Crippen LogP contribution is -2.03. The summed E-state index contributed by atoms with van der Waals surface area (Å²) in [4.78, 5) is 4.56. The Morgan fingerprint density at radius 1 is 1.37 bits per heavy atom. The van der Waals surface area contributed by atoms with Crippen LogP contribution in [0.5, 0.6) is 0 Å². The second-order valence-corrected chi connectivity index (χ2v) is 5.90. The fourth-order valence-electron chi connectivity index (χ4n) is 2.50. The Hall–Kier alpha value is -1.68. The zero-order chi connectivity index (χ0) is 13.5. The standard InChI is InChI=1S/C15H19N3O/c1-15(2)9-12(15)13-17-14(19-18-13)11-6-4-3-5-10(11)7-8-16/h3-6,12H,7-9,16H2,1-2H3. The molecule has 2 aromatic rings. The molecule has 1 unspecified atom stereocenters. The van der Waals surface area contributed by atoms with Crippen LogP contribution in [0.15, 0.2) is 28.8 Å². The molecule has 1 aromatic heterocycles. The first-order valence-corrected chi connectivity index (χ1v) is 6.74. The lowest BCUT2D eigenvalue weighted by molar-refractivity contribution is 0.419. The van der Waals surface area contributed by atoms with E-state index in [0.29, 0.717) is 23.8 Å². The highest BCUT2D eigenvalue weighted by Crippen LogP contribution is 2.57. The van der Waals surface area contributed by atoms with Crippen LogP contribution in [-0.2, 0) is 6.42 Å². The van der Waals surface area contributed by atoms with Crippen molar-refractivity contribution in [3.8, 4) is 11.5 Å². The molecular weight excluding hydrogens is 238 g/mol. The molecule has 0 radical (unpaired) electrons. The molecule has 3 rings (SSSR count). The third-order valence-corrected chi connectivity index (χ3v) is 3.93. The Morgan fingerprint density at radius 3 is 2.79 bits per heavy atom. The maximum Gasteiger partial charge on any atom is 0.258 e. The van der Waals surface area contributed by atoms with Crippen LogP contribution in [-0.4, -0.2) is 16.7 Å². The smallest absolute Gasteiger partial charge is 0.258 e. The third kappa shape index (κ3) is 2.28. The fraction of sp³-hybridized carbons (Fsp3) is 0.467. The normalized spacial score (nSPS) is 20.5. The van der Waals surface area contributed by atoms with Crippen LogP contribution in [0.4, 0.5) is 0 Å². The van der Waals surface area contributed by atoms with Crippen LogP contribution < -0.4 is 5.73 Å². The summed E-state index contributed by atoms with van der Waals surface area (Å²) in [7, 11) is 0. The first kappa shape index (κ1) is 12.4. The van der Waals surface area contributed by atoms with Gasteiger partial charge in [0.1, 0.15) is 0 Å². The van der Waals surface area contributed by atoms with E-state index in [-0.39, 0.29) is 0 Å². The van der Waals surface area contributed by atoms with E-state index >= 15 is 0 Å². The molecule has 4 nitrogen and oxygen atoms in total. The average molecular weight is 257 g/mol. The number of rotatable bonds is 4. The molecule has 0 saturated heterocycles. The summed E-state index contributed by atoms with van der Waals surface area (Å²) in [5.74, 6) is 1.89. The van der Waals surface area contributed by atoms with Gasteiger partial charge in [-0.1, -0.05) is 37.2 Å². The van der Waals surface area contributed by atoms with Crippen LogP contribution in [0.2, 0.25) is 0 Å². The molecule has 1 aliphatic carbocycles. The van der Waals surface area contributed by atoms with Crippen molar-refractivity contribution in [2.45, 2.75) is 32.6 Å². The maximum absolute atomic E-state index is 5.64. The van der Waals surface area contributed by atoms with Gasteiger partial charge in [0.25, 0.3) is 5.89 Å². The van der Waals surface area contributed by atoms with Crippen molar-refractivity contribution >= 4 is 0 Å². The average Bonchev–Trinajstić information content (AvgIpc) is 2.84. The largest absolute Gasteiger partial charge is 0.334 e. The van der Waals surface area contributed by atoms with Gasteiger partial charge in [0.05, 0.1) is 0 Å². The van der Waals surface area contributed by atoms with Crippen LogP contribution >= 0.6 is 0 Å². The molecule has 0 amide bonds. The Kier molecular flexibility index (Phi) is 2.90. The van der Waals surface area contributed by atoms with E-state index in [1.807, 2.05) is 18.2 Å². The molecule has 1 saturated carbocycles. The molecule has 1 aliphatic rings. The summed E-state index contributed by atoms with van der Waals surface area (Å²) in [6.45, 7) is 5.08. The molecule has 19 heavy (non-hydrogen) atoms. The monoisotopic (exact) mass is 257 g/mol. The van der Waals surface area contributed by atoms with Gasteiger partial charge in [0.15, 0.2) is 5.82 Å². The quantitative estimate of drug-likeness (QED) is 0.914. The van der Waals surface area contributed by atoms with Crippen molar-refractivity contribution in [3.63, 3.8) is 0 Å². The predicted octanol–water partition coefficient (Wildman–Crippen LogP) is 2.75. The number of aromatic nitrogens is 2. The number of nitrogens with zero attached hydrogens (tertiary/aromatic N) is 2. The number of nitrogens with two attached hydrogens (primary N) is 1. The zero-order valence-corrected chi connectivity index (χ0v) is 11.4. The van der Waals surface area contributed by atoms with Gasteiger partial charge in [-0.05, 0) is 36.4 Å². The molecule has 1 aromatic carbocycles. The topological polar surface area (TPSA) is 64.9 Å². The van der Waals surface area contributed by atoms with Gasteiger partial charge in [-0.2, -0.15) is 4.98 Å². The lowest BCUT2D eigenvalue weighted by atomic mass is 10.0. The van der Waals surface area contributed by atoms with Gasteiger partial charge >= 0.3 is 0 Å². The summed E-state index contributed by atoms with van der Waals surface area (Å²) < 4.78 is 5.43. The van der Waals surface area contributed by atoms with E-state index in [9.17, 15) is 0 Å². The first-order chi connectivity index (χ1) is 9.12. The summed E-state index contributed by atoms with van der Waals surface area (Å²) in [5, 5.41) is 4.13. The van der Waals surface area contributed by atoms with Gasteiger partial charge in [-0.25, -0.2) is 0 Å². The number of hydrogen-bond donors (Lipinski definition) is 1. The predicted molar refractivity (Wildman–Crippen MR) is 73.6 cm³/mol. The van der Waals surface area contributed by atoms with Crippen molar-refractivity contribution in [1.82, 2.24) is 10.1 Å². The zero-order valence-electron chi connectivity index (χ0n) is 11.4. The molecule has 0 spiro atoms. The highest BCUT2D eigenvalue weighted by molar-refractivity contribution is 5.58. The lowest BCUT2D eigenvalue weighted by Gasteiger charge is -2.03. The van der Waals surface area contributed by atoms with Crippen molar-refractivity contribution in [2.75, 3.05) is 6.54 Å². The third-order valence-electron chi connectivity index (χ3n) is 3.93. The summed E-state index contributed by atoms with van der Waals surface area (Å²) >= 11 is 0. The summed E-state index contributed by atoms with van der Waals surface area (Å²) in [5.41, 5.74) is 8.12. The van der Waals surface area contributed by atoms with Crippen LogP contribution in [0, 0.1) is 5.41 Å². The minimum Gasteiger partial charge on any atom is -0.334 e. The maximum atomic E-state index is 5.64. The van der Waals surface area contributed by atoms with Crippen LogP contribution in [0.25, 0.3) is 11.5 Å². The van der Waals surface area contributed by atoms with Gasteiger partial charge in [-0.15, -0.1) is 0 Å². The SMILES string of the molecule is CC1(C)CC1c1noc(-c2ccccc2CCN)n1. The Bertz CT molecular complexity index is 589. The van der Waals surface area contributed by atoms with Crippen LogP contribution in [0.3, 0.4) is 0 Å². The van der Waals surface area contributed by atoms with Crippen molar-refractivity contribution in [2.24, 2.45) is 11.1 Å². The Balaban J connectivity index is 1.91. The van der Waals surface area contributed by atoms with Gasteiger partial charge < -0.3 is 10.3 Å². The minimum absolute atomic E-state index is 0.317. The van der Waals surface area contributed by atoms with Gasteiger partial charge in [0.2, 0.25) is 0 Å². The molecule has 2 N–H and O–H groups in total. The van der Waals surface area contributed by atoms with Crippen molar-refractivity contribution < 1.29 is 4.52 Å². The van der Waals surface area contributed by atoms with E-state index in [4.69, 9.17) is 10.3 Å². The number of benzene rings is 1. The number of hydrogen-bond acceptors (Lipinski definition) is 4. The Morgan fingerprint density at radius 2 is 2.11 bits per heavy atom. The van der Waals surface area contributed by atoms with E-state index in [0.717, 1.165) is 29.8 Å². The molecule has 1 fully saturated rings. The van der Waals surface area contributed by atoms with Crippen molar-refractivity contribution in [1.29, 1.82) is 0 Å². The fourth-order valence-corrected chi connectivity index (χ4v) is 2.50. The van der Waals surface area contributed by atoms with E-state index in [1.165, 1.54) is 0 Å². The first-order valence-electron chi connectivity index (χ1n) is 6.74. The van der Waals surface area contributed by atoms with E-state index < -0.39 is 0 Å². The molecular formula is C15H19N3O.